The highest BCUT2D eigenvalue weighted by atomic mass is 16.3. The molecule has 0 aliphatic rings. The van der Waals surface area contributed by atoms with Crippen LogP contribution in [-0.2, 0) is 22.4 Å². The number of carbonyl (C=O) groups excluding carboxylic acids is 2. The number of carbonyl (C=O) groups is 2. The van der Waals surface area contributed by atoms with Gasteiger partial charge in [-0.25, -0.2) is 0 Å². The van der Waals surface area contributed by atoms with Crippen molar-refractivity contribution in [2.24, 2.45) is 0 Å². The van der Waals surface area contributed by atoms with E-state index < -0.39 is 11.8 Å². The summed E-state index contributed by atoms with van der Waals surface area (Å²) >= 11 is 0. The fraction of sp³-hybridized carbons (Fsp3) is 0.250. The first-order valence-electron chi connectivity index (χ1n) is 6.89. The van der Waals surface area contributed by atoms with Crippen molar-refractivity contribution in [3.63, 3.8) is 0 Å². The number of nitrogens with one attached hydrogen (secondary N) is 2. The lowest BCUT2D eigenvalue weighted by Crippen LogP contribution is -2.36. The van der Waals surface area contributed by atoms with Crippen LogP contribution >= 0.6 is 0 Å². The molecule has 0 saturated heterocycles. The van der Waals surface area contributed by atoms with Crippen molar-refractivity contribution >= 4 is 17.5 Å². The molecule has 5 heteroatoms. The van der Waals surface area contributed by atoms with Gasteiger partial charge in [0, 0.05) is 12.2 Å². The van der Waals surface area contributed by atoms with Crippen molar-refractivity contribution in [2.45, 2.75) is 19.8 Å². The quantitative estimate of drug-likeness (QED) is 0.827. The van der Waals surface area contributed by atoms with Crippen molar-refractivity contribution in [3.8, 4) is 0 Å². The summed E-state index contributed by atoms with van der Waals surface area (Å²) in [6.07, 6.45) is 4.61. The maximum atomic E-state index is 11.8. The molecule has 0 saturated carbocycles. The molecule has 2 rings (SSSR count). The van der Waals surface area contributed by atoms with Crippen LogP contribution in [0.3, 0.4) is 0 Å². The Kier molecular flexibility index (Phi) is 5.15. The zero-order valence-electron chi connectivity index (χ0n) is 11.9. The third kappa shape index (κ3) is 4.21. The third-order valence-corrected chi connectivity index (χ3v) is 3.13. The van der Waals surface area contributed by atoms with Crippen LogP contribution in [0.15, 0.2) is 47.3 Å². The van der Waals surface area contributed by atoms with Gasteiger partial charge < -0.3 is 15.1 Å². The number of furan rings is 1. The predicted molar refractivity (Wildman–Crippen MR) is 79.9 cm³/mol. The molecule has 0 bridgehead atoms. The Bertz CT molecular complexity index is 606. The molecule has 0 radical (unpaired) electrons. The van der Waals surface area contributed by atoms with Crippen LogP contribution in [0.1, 0.15) is 18.1 Å². The largest absolute Gasteiger partial charge is 0.472 e. The van der Waals surface area contributed by atoms with Gasteiger partial charge in [0.2, 0.25) is 0 Å². The minimum absolute atomic E-state index is 0.390. The monoisotopic (exact) mass is 286 g/mol. The Labute approximate surface area is 123 Å². The smallest absolute Gasteiger partial charge is 0.313 e. The Morgan fingerprint density at radius 2 is 1.95 bits per heavy atom. The van der Waals surface area contributed by atoms with Gasteiger partial charge in [0.25, 0.3) is 0 Å². The number of rotatable bonds is 5. The van der Waals surface area contributed by atoms with Gasteiger partial charge in [-0.15, -0.1) is 0 Å². The van der Waals surface area contributed by atoms with Crippen molar-refractivity contribution in [1.82, 2.24) is 5.32 Å². The second kappa shape index (κ2) is 7.28. The van der Waals surface area contributed by atoms with Crippen LogP contribution in [0.5, 0.6) is 0 Å². The second-order valence-electron chi connectivity index (χ2n) is 4.60. The highest BCUT2D eigenvalue weighted by Gasteiger charge is 2.14. The summed E-state index contributed by atoms with van der Waals surface area (Å²) in [5.41, 5.74) is 2.65. The topological polar surface area (TPSA) is 71.3 Å². The molecule has 0 fully saturated rings. The molecular weight excluding hydrogens is 268 g/mol. The van der Waals surface area contributed by atoms with Crippen molar-refractivity contribution in [2.75, 3.05) is 11.9 Å². The maximum Gasteiger partial charge on any atom is 0.313 e. The first-order valence-corrected chi connectivity index (χ1v) is 6.89. The third-order valence-electron chi connectivity index (χ3n) is 3.13. The molecule has 0 aliphatic heterocycles. The minimum Gasteiger partial charge on any atom is -0.472 e. The van der Waals surface area contributed by atoms with Crippen LogP contribution in [0.2, 0.25) is 0 Å². The molecule has 0 unspecified atom stereocenters. The van der Waals surface area contributed by atoms with Crippen LogP contribution in [0.25, 0.3) is 0 Å². The van der Waals surface area contributed by atoms with E-state index in [1.807, 2.05) is 31.2 Å². The first kappa shape index (κ1) is 14.8. The molecule has 1 aromatic carbocycles. The van der Waals surface area contributed by atoms with Gasteiger partial charge >= 0.3 is 11.8 Å². The van der Waals surface area contributed by atoms with Crippen molar-refractivity contribution in [3.05, 3.63) is 54.0 Å². The van der Waals surface area contributed by atoms with Gasteiger partial charge in [-0.05, 0) is 36.1 Å². The van der Waals surface area contributed by atoms with Crippen molar-refractivity contribution in [1.29, 1.82) is 0 Å². The van der Waals surface area contributed by atoms with E-state index in [2.05, 4.69) is 10.6 Å². The molecule has 2 amide bonds. The molecule has 110 valence electrons. The lowest BCUT2D eigenvalue weighted by molar-refractivity contribution is -0.136. The molecule has 0 spiro atoms. The van der Waals surface area contributed by atoms with Crippen LogP contribution in [-0.4, -0.2) is 18.4 Å². The highest BCUT2D eigenvalue weighted by Crippen LogP contribution is 2.15. The maximum absolute atomic E-state index is 11.8. The standard InChI is InChI=1S/C16H18N2O3/c1-2-13-5-3-4-6-14(13)18-16(20)15(19)17-9-7-12-8-10-21-11-12/h3-6,8,10-11H,2,7,9H2,1H3,(H,17,19)(H,18,20). The fourth-order valence-electron chi connectivity index (χ4n) is 1.97. The number of hydrogen-bond acceptors (Lipinski definition) is 3. The zero-order chi connectivity index (χ0) is 15.1. The van der Waals surface area contributed by atoms with E-state index in [9.17, 15) is 9.59 Å². The van der Waals surface area contributed by atoms with Gasteiger partial charge in [0.15, 0.2) is 0 Å². The average molecular weight is 286 g/mol. The van der Waals surface area contributed by atoms with E-state index in [0.717, 1.165) is 17.5 Å². The Hall–Kier alpha value is -2.56. The first-order chi connectivity index (χ1) is 10.2. The summed E-state index contributed by atoms with van der Waals surface area (Å²) in [6.45, 7) is 2.39. The van der Waals surface area contributed by atoms with E-state index in [4.69, 9.17) is 4.42 Å². The van der Waals surface area contributed by atoms with Crippen LogP contribution in [0.4, 0.5) is 5.69 Å². The lowest BCUT2D eigenvalue weighted by atomic mass is 10.1. The van der Waals surface area contributed by atoms with E-state index in [-0.39, 0.29) is 0 Å². The molecule has 5 nitrogen and oxygen atoms in total. The second-order valence-corrected chi connectivity index (χ2v) is 4.60. The van der Waals surface area contributed by atoms with E-state index in [0.29, 0.717) is 18.7 Å². The van der Waals surface area contributed by atoms with E-state index >= 15 is 0 Å². The number of hydrogen-bond donors (Lipinski definition) is 2. The summed E-state index contributed by atoms with van der Waals surface area (Å²) in [5, 5.41) is 5.22. The lowest BCUT2D eigenvalue weighted by Gasteiger charge is -2.09. The Balaban J connectivity index is 1.83. The number of amides is 2. The molecule has 1 aromatic heterocycles. The normalized spacial score (nSPS) is 10.1. The van der Waals surface area contributed by atoms with Gasteiger partial charge in [-0.2, -0.15) is 0 Å². The summed E-state index contributed by atoms with van der Waals surface area (Å²) in [6, 6.07) is 9.26. The summed E-state index contributed by atoms with van der Waals surface area (Å²) < 4.78 is 4.93. The molecule has 1 heterocycles. The van der Waals surface area contributed by atoms with Gasteiger partial charge in [-0.1, -0.05) is 25.1 Å². The average Bonchev–Trinajstić information content (AvgIpc) is 3.01. The van der Waals surface area contributed by atoms with E-state index in [1.54, 1.807) is 18.6 Å². The van der Waals surface area contributed by atoms with Gasteiger partial charge in [0.1, 0.15) is 0 Å². The number of aryl methyl sites for hydroxylation is 1. The molecular formula is C16H18N2O3. The van der Waals surface area contributed by atoms with Crippen LogP contribution in [0, 0.1) is 0 Å². The predicted octanol–water partition coefficient (Wildman–Crippen LogP) is 2.14. The highest BCUT2D eigenvalue weighted by molar-refractivity contribution is 6.39. The Morgan fingerprint density at radius 1 is 1.14 bits per heavy atom. The fourth-order valence-corrected chi connectivity index (χ4v) is 1.97. The zero-order valence-corrected chi connectivity index (χ0v) is 11.9. The molecule has 0 aliphatic carbocycles. The van der Waals surface area contributed by atoms with Gasteiger partial charge in [-0.3, -0.25) is 9.59 Å². The van der Waals surface area contributed by atoms with Crippen LogP contribution < -0.4 is 10.6 Å². The summed E-state index contributed by atoms with van der Waals surface area (Å²) in [7, 11) is 0. The molecule has 2 N–H and O–H groups in total. The molecule has 0 atom stereocenters. The minimum atomic E-state index is -0.650. The molecule has 2 aromatic rings. The SMILES string of the molecule is CCc1ccccc1NC(=O)C(=O)NCCc1ccoc1. The summed E-state index contributed by atoms with van der Waals surface area (Å²) in [5.74, 6) is -1.28. The number of benzene rings is 1. The number of anilines is 1. The van der Waals surface area contributed by atoms with E-state index in [1.165, 1.54) is 0 Å². The number of para-hydroxylation sites is 1. The van der Waals surface area contributed by atoms with Crippen molar-refractivity contribution < 1.29 is 14.0 Å². The summed E-state index contributed by atoms with van der Waals surface area (Å²) in [4.78, 5) is 23.6. The Morgan fingerprint density at radius 3 is 2.67 bits per heavy atom. The van der Waals surface area contributed by atoms with Gasteiger partial charge in [0.05, 0.1) is 12.5 Å². The molecule has 21 heavy (non-hydrogen) atoms.